The zero-order chi connectivity index (χ0) is 14.3. The summed E-state index contributed by atoms with van der Waals surface area (Å²) in [6, 6.07) is 0. The first-order valence-corrected chi connectivity index (χ1v) is 7.43. The number of piperidine rings is 1. The summed E-state index contributed by atoms with van der Waals surface area (Å²) in [5.74, 6) is 0.912. The number of nitrogens with two attached hydrogens (primary N) is 1. The molecule has 0 atom stereocenters. The van der Waals surface area contributed by atoms with Crippen LogP contribution in [-0.2, 0) is 15.7 Å². The summed E-state index contributed by atoms with van der Waals surface area (Å²) in [6.07, 6.45) is 0.943. The SMILES string of the molecule is Cc1nc(C2(N)CCN(S(=O)(=O)N(C)C)CC2)no1. The highest BCUT2D eigenvalue weighted by Gasteiger charge is 2.40. The molecule has 0 radical (unpaired) electrons. The summed E-state index contributed by atoms with van der Waals surface area (Å²) < 4.78 is 31.6. The van der Waals surface area contributed by atoms with Crippen LogP contribution in [0.1, 0.15) is 24.6 Å². The van der Waals surface area contributed by atoms with Crippen LogP contribution in [-0.4, -0.2) is 54.4 Å². The van der Waals surface area contributed by atoms with E-state index in [1.54, 1.807) is 6.92 Å². The number of rotatable bonds is 3. The second kappa shape index (κ2) is 4.82. The van der Waals surface area contributed by atoms with Crippen LogP contribution < -0.4 is 5.73 Å². The fourth-order valence-electron chi connectivity index (χ4n) is 2.07. The Morgan fingerprint density at radius 2 is 1.95 bits per heavy atom. The highest BCUT2D eigenvalue weighted by molar-refractivity contribution is 7.86. The Morgan fingerprint density at radius 1 is 1.37 bits per heavy atom. The smallest absolute Gasteiger partial charge is 0.281 e. The van der Waals surface area contributed by atoms with E-state index in [0.29, 0.717) is 37.6 Å². The average molecular weight is 289 g/mol. The Hall–Kier alpha value is -1.03. The number of aromatic nitrogens is 2. The topological polar surface area (TPSA) is 106 Å². The van der Waals surface area contributed by atoms with Gasteiger partial charge in [0.05, 0.1) is 5.54 Å². The van der Waals surface area contributed by atoms with E-state index in [9.17, 15) is 8.42 Å². The molecule has 2 heterocycles. The van der Waals surface area contributed by atoms with Crippen molar-refractivity contribution in [2.75, 3.05) is 27.2 Å². The molecule has 0 unspecified atom stereocenters. The molecular formula is C10H19N5O3S. The number of nitrogens with zero attached hydrogens (tertiary/aromatic N) is 4. The van der Waals surface area contributed by atoms with Crippen LogP contribution in [0.2, 0.25) is 0 Å². The molecule has 1 fully saturated rings. The molecule has 0 saturated carbocycles. The zero-order valence-corrected chi connectivity index (χ0v) is 12.1. The normalized spacial score (nSPS) is 20.9. The first-order valence-electron chi connectivity index (χ1n) is 6.03. The van der Waals surface area contributed by atoms with Crippen LogP contribution in [0, 0.1) is 6.92 Å². The standard InChI is InChI=1S/C10H19N5O3S/c1-8-12-9(13-18-8)10(11)4-6-15(7-5-10)19(16,17)14(2)3/h4-7,11H2,1-3H3. The van der Waals surface area contributed by atoms with Crippen LogP contribution in [0.5, 0.6) is 0 Å². The number of aryl methyl sites for hydroxylation is 1. The molecule has 2 N–H and O–H groups in total. The molecular weight excluding hydrogens is 270 g/mol. The number of hydrogen-bond donors (Lipinski definition) is 1. The van der Waals surface area contributed by atoms with Crippen molar-refractivity contribution in [2.24, 2.45) is 5.73 Å². The highest BCUT2D eigenvalue weighted by Crippen LogP contribution is 2.29. The molecule has 19 heavy (non-hydrogen) atoms. The molecule has 1 aromatic rings. The van der Waals surface area contributed by atoms with Crippen LogP contribution >= 0.6 is 0 Å². The lowest BCUT2D eigenvalue weighted by molar-refractivity contribution is 0.216. The molecule has 108 valence electrons. The van der Waals surface area contributed by atoms with Crippen LogP contribution in [0.25, 0.3) is 0 Å². The third kappa shape index (κ3) is 2.64. The maximum Gasteiger partial charge on any atom is 0.281 e. The molecule has 1 aliphatic heterocycles. The van der Waals surface area contributed by atoms with Crippen molar-refractivity contribution in [3.8, 4) is 0 Å². The summed E-state index contributed by atoms with van der Waals surface area (Å²) in [5.41, 5.74) is 5.54. The van der Waals surface area contributed by atoms with Crippen LogP contribution in [0.4, 0.5) is 0 Å². The van der Waals surface area contributed by atoms with Gasteiger partial charge in [-0.05, 0) is 12.8 Å². The lowest BCUT2D eigenvalue weighted by Gasteiger charge is -2.37. The van der Waals surface area contributed by atoms with E-state index in [-0.39, 0.29) is 0 Å². The second-order valence-electron chi connectivity index (χ2n) is 4.98. The lowest BCUT2D eigenvalue weighted by Crippen LogP contribution is -2.52. The average Bonchev–Trinajstić information content (AvgIpc) is 2.77. The van der Waals surface area contributed by atoms with Gasteiger partial charge in [-0.25, -0.2) is 0 Å². The maximum atomic E-state index is 12.0. The van der Waals surface area contributed by atoms with Gasteiger partial charge >= 0.3 is 0 Å². The van der Waals surface area contributed by atoms with Crippen molar-refractivity contribution in [3.63, 3.8) is 0 Å². The molecule has 9 heteroatoms. The predicted octanol–water partition coefficient (Wildman–Crippen LogP) is -0.566. The summed E-state index contributed by atoms with van der Waals surface area (Å²) >= 11 is 0. The van der Waals surface area contributed by atoms with Gasteiger partial charge in [-0.2, -0.15) is 22.0 Å². The van der Waals surface area contributed by atoms with Crippen molar-refractivity contribution in [1.82, 2.24) is 18.8 Å². The van der Waals surface area contributed by atoms with Crippen molar-refractivity contribution >= 4 is 10.2 Å². The highest BCUT2D eigenvalue weighted by atomic mass is 32.2. The van der Waals surface area contributed by atoms with Crippen molar-refractivity contribution in [3.05, 3.63) is 11.7 Å². The summed E-state index contributed by atoms with van der Waals surface area (Å²) in [7, 11) is -0.348. The predicted molar refractivity (Wildman–Crippen MR) is 68.3 cm³/mol. The van der Waals surface area contributed by atoms with Gasteiger partial charge < -0.3 is 10.3 Å². The Morgan fingerprint density at radius 3 is 2.37 bits per heavy atom. The van der Waals surface area contributed by atoms with Gasteiger partial charge in [-0.15, -0.1) is 0 Å². The largest absolute Gasteiger partial charge is 0.340 e. The first-order chi connectivity index (χ1) is 8.75. The van der Waals surface area contributed by atoms with Gasteiger partial charge in [0.15, 0.2) is 5.82 Å². The second-order valence-corrected chi connectivity index (χ2v) is 7.12. The van der Waals surface area contributed by atoms with E-state index < -0.39 is 15.7 Å². The van der Waals surface area contributed by atoms with Crippen LogP contribution in [0.3, 0.4) is 0 Å². The Labute approximate surface area is 112 Å². The first kappa shape index (κ1) is 14.4. The fraction of sp³-hybridized carbons (Fsp3) is 0.800. The molecule has 1 aliphatic rings. The lowest BCUT2D eigenvalue weighted by atomic mass is 9.89. The van der Waals surface area contributed by atoms with E-state index in [1.807, 2.05) is 0 Å². The van der Waals surface area contributed by atoms with E-state index in [1.165, 1.54) is 22.7 Å². The summed E-state index contributed by atoms with van der Waals surface area (Å²) in [6.45, 7) is 2.40. The van der Waals surface area contributed by atoms with E-state index in [4.69, 9.17) is 10.3 Å². The van der Waals surface area contributed by atoms with Gasteiger partial charge in [0.25, 0.3) is 10.2 Å². The van der Waals surface area contributed by atoms with Crippen LogP contribution in [0.15, 0.2) is 4.52 Å². The molecule has 1 saturated heterocycles. The fourth-order valence-corrected chi connectivity index (χ4v) is 3.18. The van der Waals surface area contributed by atoms with Gasteiger partial charge in [0.2, 0.25) is 5.89 Å². The minimum absolute atomic E-state index is 0.352. The Balaban J connectivity index is 2.11. The minimum Gasteiger partial charge on any atom is -0.340 e. The van der Waals surface area contributed by atoms with Crippen molar-refractivity contribution < 1.29 is 12.9 Å². The third-order valence-corrected chi connectivity index (χ3v) is 5.32. The minimum atomic E-state index is -3.38. The summed E-state index contributed by atoms with van der Waals surface area (Å²) in [5, 5.41) is 3.84. The van der Waals surface area contributed by atoms with Gasteiger partial charge in [-0.3, -0.25) is 0 Å². The molecule has 0 aromatic carbocycles. The van der Waals surface area contributed by atoms with Crippen molar-refractivity contribution in [1.29, 1.82) is 0 Å². The summed E-state index contributed by atoms with van der Waals surface area (Å²) in [4.78, 5) is 4.15. The van der Waals surface area contributed by atoms with Crippen molar-refractivity contribution in [2.45, 2.75) is 25.3 Å². The Kier molecular flexibility index (Phi) is 3.65. The zero-order valence-electron chi connectivity index (χ0n) is 11.3. The molecule has 1 aromatic heterocycles. The molecule has 0 spiro atoms. The molecule has 0 amide bonds. The maximum absolute atomic E-state index is 12.0. The van der Waals surface area contributed by atoms with Gasteiger partial charge in [-0.1, -0.05) is 5.16 Å². The number of hydrogen-bond acceptors (Lipinski definition) is 6. The van der Waals surface area contributed by atoms with E-state index in [2.05, 4.69) is 10.1 Å². The third-order valence-electron chi connectivity index (χ3n) is 3.38. The Bertz CT molecular complexity index is 545. The molecule has 8 nitrogen and oxygen atoms in total. The van der Waals surface area contributed by atoms with Gasteiger partial charge in [0.1, 0.15) is 0 Å². The van der Waals surface area contributed by atoms with Gasteiger partial charge in [0, 0.05) is 34.1 Å². The van der Waals surface area contributed by atoms with E-state index >= 15 is 0 Å². The molecule has 0 bridgehead atoms. The quantitative estimate of drug-likeness (QED) is 0.799. The molecule has 2 rings (SSSR count). The molecule has 0 aliphatic carbocycles. The van der Waals surface area contributed by atoms with E-state index in [0.717, 1.165) is 0 Å². The monoisotopic (exact) mass is 289 g/mol.